The number of rotatable bonds is 19. The van der Waals surface area contributed by atoms with Crippen LogP contribution in [0.4, 0.5) is 0 Å². The highest BCUT2D eigenvalue weighted by molar-refractivity contribution is 5.82. The summed E-state index contributed by atoms with van der Waals surface area (Å²) in [6.07, 6.45) is 23.7. The van der Waals surface area contributed by atoms with Crippen LogP contribution in [0.1, 0.15) is 110 Å². The van der Waals surface area contributed by atoms with Gasteiger partial charge in [-0.2, -0.15) is 0 Å². The van der Waals surface area contributed by atoms with E-state index in [2.05, 4.69) is 6.92 Å². The molecule has 0 aromatic heterocycles. The Bertz CT molecular complexity index is 437. The van der Waals surface area contributed by atoms with Gasteiger partial charge in [0, 0.05) is 6.08 Å². The van der Waals surface area contributed by atoms with Crippen molar-refractivity contribution in [3.05, 3.63) is 24.3 Å². The van der Waals surface area contributed by atoms with E-state index >= 15 is 0 Å². The third kappa shape index (κ3) is 18.6. The van der Waals surface area contributed by atoms with Crippen molar-refractivity contribution in [1.29, 1.82) is 0 Å². The monoisotopic (exact) mass is 412 g/mol. The number of allylic oxidation sites excluding steroid dienone is 3. The Morgan fingerprint density at radius 1 is 0.793 bits per heavy atom. The predicted octanol–water partition coefficient (Wildman–Crippen LogP) is 5.53. The molecule has 0 saturated heterocycles. The van der Waals surface area contributed by atoms with E-state index in [1.165, 1.54) is 83.1 Å². The molecule has 0 aromatic rings. The zero-order valence-electron chi connectivity index (χ0n) is 18.7. The summed E-state index contributed by atoms with van der Waals surface area (Å²) in [5.74, 6) is -3.73. The molecule has 0 aliphatic carbocycles. The molecule has 0 saturated carbocycles. The van der Waals surface area contributed by atoms with Crippen LogP contribution in [-0.2, 0) is 9.53 Å². The lowest BCUT2D eigenvalue weighted by Crippen LogP contribution is -2.44. The van der Waals surface area contributed by atoms with Crippen molar-refractivity contribution in [2.24, 2.45) is 0 Å². The van der Waals surface area contributed by atoms with Gasteiger partial charge >= 0.3 is 11.9 Å². The van der Waals surface area contributed by atoms with Crippen LogP contribution in [-0.4, -0.2) is 33.4 Å². The molecule has 3 N–H and O–H groups in total. The predicted molar refractivity (Wildman–Crippen MR) is 118 cm³/mol. The quantitative estimate of drug-likeness (QED) is 0.0853. The van der Waals surface area contributed by atoms with Gasteiger partial charge in [-0.15, -0.1) is 0 Å². The van der Waals surface area contributed by atoms with Gasteiger partial charge in [0.05, 0.1) is 0 Å². The molecule has 170 valence electrons. The fourth-order valence-electron chi connectivity index (χ4n) is 3.20. The SMILES string of the molecule is CCCCCCCCCCCCCCCC=CC=CC(=O)OC(CC)C(O)(O)O. The zero-order chi connectivity index (χ0) is 21.8. The van der Waals surface area contributed by atoms with E-state index in [1.807, 2.05) is 6.08 Å². The van der Waals surface area contributed by atoms with Crippen LogP contribution in [0.5, 0.6) is 0 Å². The topological polar surface area (TPSA) is 87.0 Å². The summed E-state index contributed by atoms with van der Waals surface area (Å²) in [5.41, 5.74) is 0. The first-order valence-corrected chi connectivity index (χ1v) is 11.6. The number of carbonyl (C=O) groups is 1. The average Bonchev–Trinajstić information content (AvgIpc) is 2.67. The maximum absolute atomic E-state index is 11.5. The molecular weight excluding hydrogens is 368 g/mol. The fourth-order valence-corrected chi connectivity index (χ4v) is 3.20. The van der Waals surface area contributed by atoms with Gasteiger partial charge in [0.1, 0.15) is 0 Å². The molecule has 0 heterocycles. The van der Waals surface area contributed by atoms with E-state index in [9.17, 15) is 4.79 Å². The first kappa shape index (κ1) is 27.8. The number of aliphatic hydroxyl groups is 3. The van der Waals surface area contributed by atoms with Gasteiger partial charge in [-0.05, 0) is 19.3 Å². The molecule has 5 nitrogen and oxygen atoms in total. The molecule has 1 atom stereocenters. The molecule has 5 heteroatoms. The number of esters is 1. The molecule has 0 aliphatic heterocycles. The Morgan fingerprint density at radius 3 is 1.72 bits per heavy atom. The Kier molecular flexibility index (Phi) is 18.1. The minimum Gasteiger partial charge on any atom is -0.451 e. The highest BCUT2D eigenvalue weighted by Gasteiger charge is 2.33. The van der Waals surface area contributed by atoms with Crippen molar-refractivity contribution < 1.29 is 24.9 Å². The third-order valence-electron chi connectivity index (χ3n) is 5.02. The summed E-state index contributed by atoms with van der Waals surface area (Å²) in [6.45, 7) is 3.84. The van der Waals surface area contributed by atoms with E-state index in [0.717, 1.165) is 12.8 Å². The number of hydrogen-bond donors (Lipinski definition) is 3. The summed E-state index contributed by atoms with van der Waals surface area (Å²) in [6, 6.07) is 0. The third-order valence-corrected chi connectivity index (χ3v) is 5.02. The fraction of sp³-hybridized carbons (Fsp3) is 0.792. The van der Waals surface area contributed by atoms with Gasteiger partial charge in [0.2, 0.25) is 0 Å². The Morgan fingerprint density at radius 2 is 1.28 bits per heavy atom. The highest BCUT2D eigenvalue weighted by Crippen LogP contribution is 2.13. The number of unbranched alkanes of at least 4 members (excludes halogenated alkanes) is 13. The van der Waals surface area contributed by atoms with Crippen molar-refractivity contribution in [3.63, 3.8) is 0 Å². The maximum atomic E-state index is 11.5. The van der Waals surface area contributed by atoms with Crippen molar-refractivity contribution in [3.8, 4) is 0 Å². The van der Waals surface area contributed by atoms with Crippen LogP contribution in [0.15, 0.2) is 24.3 Å². The van der Waals surface area contributed by atoms with Gasteiger partial charge in [0.25, 0.3) is 0 Å². The lowest BCUT2D eigenvalue weighted by molar-refractivity contribution is -0.355. The summed E-state index contributed by atoms with van der Waals surface area (Å²) >= 11 is 0. The molecule has 0 amide bonds. The van der Waals surface area contributed by atoms with Crippen LogP contribution in [0, 0.1) is 0 Å². The first-order valence-electron chi connectivity index (χ1n) is 11.6. The van der Waals surface area contributed by atoms with Gasteiger partial charge < -0.3 is 20.1 Å². The standard InChI is InChI=1S/C24H44O5/c1-3-5-6-7-8-9-10-11-12-13-14-15-16-17-18-19-20-21-23(25)29-22(4-2)24(26,27)28/h18-22,26-28H,3-17H2,1-2H3. The summed E-state index contributed by atoms with van der Waals surface area (Å²) in [5, 5.41) is 27.1. The second-order valence-corrected chi connectivity index (χ2v) is 7.84. The number of hydrogen-bond acceptors (Lipinski definition) is 5. The minimum atomic E-state index is -3.01. The lowest BCUT2D eigenvalue weighted by Gasteiger charge is -2.23. The van der Waals surface area contributed by atoms with Gasteiger partial charge in [-0.3, -0.25) is 0 Å². The molecule has 0 rings (SSSR count). The van der Waals surface area contributed by atoms with Crippen LogP contribution < -0.4 is 0 Å². The first-order chi connectivity index (χ1) is 13.9. The molecule has 0 fully saturated rings. The zero-order valence-corrected chi connectivity index (χ0v) is 18.7. The average molecular weight is 413 g/mol. The Hall–Kier alpha value is -1.17. The van der Waals surface area contributed by atoms with Crippen molar-refractivity contribution in [1.82, 2.24) is 0 Å². The molecule has 1 unspecified atom stereocenters. The van der Waals surface area contributed by atoms with E-state index in [0.29, 0.717) is 0 Å². The number of carbonyl (C=O) groups excluding carboxylic acids is 1. The van der Waals surface area contributed by atoms with Crippen molar-refractivity contribution >= 4 is 5.97 Å². The normalized spacial score (nSPS) is 13.4. The maximum Gasteiger partial charge on any atom is 0.331 e. The number of ether oxygens (including phenoxy) is 1. The molecule has 29 heavy (non-hydrogen) atoms. The van der Waals surface area contributed by atoms with Crippen LogP contribution >= 0.6 is 0 Å². The molecule has 0 aliphatic rings. The van der Waals surface area contributed by atoms with Crippen molar-refractivity contribution in [2.45, 2.75) is 122 Å². The van der Waals surface area contributed by atoms with Gasteiger partial charge in [-0.25, -0.2) is 4.79 Å². The lowest BCUT2D eigenvalue weighted by atomic mass is 10.0. The van der Waals surface area contributed by atoms with Crippen LogP contribution in [0.2, 0.25) is 0 Å². The molecule has 0 aromatic carbocycles. The second-order valence-electron chi connectivity index (χ2n) is 7.84. The van der Waals surface area contributed by atoms with Crippen LogP contribution in [0.25, 0.3) is 0 Å². The Balaban J connectivity index is 3.52. The van der Waals surface area contributed by atoms with E-state index in [-0.39, 0.29) is 6.42 Å². The summed E-state index contributed by atoms with van der Waals surface area (Å²) in [7, 11) is 0. The highest BCUT2D eigenvalue weighted by atomic mass is 16.7. The van der Waals surface area contributed by atoms with Gasteiger partial charge in [0.15, 0.2) is 6.10 Å². The van der Waals surface area contributed by atoms with Crippen molar-refractivity contribution in [2.75, 3.05) is 0 Å². The van der Waals surface area contributed by atoms with E-state index < -0.39 is 18.0 Å². The van der Waals surface area contributed by atoms with E-state index in [1.54, 1.807) is 19.1 Å². The molecular formula is C24H44O5. The smallest absolute Gasteiger partial charge is 0.331 e. The van der Waals surface area contributed by atoms with Crippen LogP contribution in [0.3, 0.4) is 0 Å². The molecule has 0 bridgehead atoms. The molecule has 0 radical (unpaired) electrons. The minimum absolute atomic E-state index is 0.0952. The Labute approximate surface area is 177 Å². The van der Waals surface area contributed by atoms with Gasteiger partial charge in [-0.1, -0.05) is 109 Å². The molecule has 0 spiro atoms. The summed E-state index contributed by atoms with van der Waals surface area (Å²) < 4.78 is 4.78. The summed E-state index contributed by atoms with van der Waals surface area (Å²) in [4.78, 5) is 11.5. The second kappa shape index (κ2) is 18.8. The van der Waals surface area contributed by atoms with E-state index in [4.69, 9.17) is 20.1 Å². The largest absolute Gasteiger partial charge is 0.451 e.